The number of nitrogen functional groups attached to an aromatic ring is 1. The number of carbonyl (C=O) groups is 1. The molecule has 1 unspecified atom stereocenters. The molecule has 0 aromatic heterocycles. The minimum Gasteiger partial charge on any atom is -0.481 e. The molecule has 0 saturated carbocycles. The molecule has 0 fully saturated rings. The maximum absolute atomic E-state index is 11.2. The second-order valence-corrected chi connectivity index (χ2v) is 3.56. The van der Waals surface area contributed by atoms with Gasteiger partial charge in [-0.25, -0.2) is 0 Å². The van der Waals surface area contributed by atoms with Gasteiger partial charge in [-0.05, 0) is 18.6 Å². The van der Waals surface area contributed by atoms with Gasteiger partial charge < -0.3 is 10.8 Å². The van der Waals surface area contributed by atoms with E-state index >= 15 is 0 Å². The third kappa shape index (κ3) is 1.91. The highest BCUT2D eigenvalue weighted by molar-refractivity contribution is 5.83. The van der Waals surface area contributed by atoms with Crippen LogP contribution in [0.3, 0.4) is 0 Å². The summed E-state index contributed by atoms with van der Waals surface area (Å²) in [4.78, 5) is 11.2. The van der Waals surface area contributed by atoms with E-state index in [-0.39, 0.29) is 6.42 Å². The standard InChI is InChI=1S/C11H12N2O2/c1-11(6-7-12,10(14)15)8-4-2-3-5-9(8)13/h2-5H,6,13H2,1H3,(H,14,15). The summed E-state index contributed by atoms with van der Waals surface area (Å²) in [5, 5.41) is 17.8. The van der Waals surface area contributed by atoms with Crippen molar-refractivity contribution in [2.24, 2.45) is 0 Å². The zero-order valence-corrected chi connectivity index (χ0v) is 8.40. The Morgan fingerprint density at radius 1 is 1.60 bits per heavy atom. The highest BCUT2D eigenvalue weighted by Gasteiger charge is 2.36. The van der Waals surface area contributed by atoms with Crippen molar-refractivity contribution in [3.8, 4) is 6.07 Å². The van der Waals surface area contributed by atoms with Crippen molar-refractivity contribution in [1.82, 2.24) is 0 Å². The highest BCUT2D eigenvalue weighted by Crippen LogP contribution is 2.31. The molecule has 1 rings (SSSR count). The summed E-state index contributed by atoms with van der Waals surface area (Å²) in [6.07, 6.45) is -0.101. The van der Waals surface area contributed by atoms with Crippen molar-refractivity contribution in [3.63, 3.8) is 0 Å². The summed E-state index contributed by atoms with van der Waals surface area (Å²) < 4.78 is 0. The lowest BCUT2D eigenvalue weighted by atomic mass is 9.79. The van der Waals surface area contributed by atoms with Gasteiger partial charge in [0.25, 0.3) is 0 Å². The molecule has 4 nitrogen and oxygen atoms in total. The maximum Gasteiger partial charge on any atom is 0.314 e. The normalized spacial score (nSPS) is 13.9. The molecule has 1 aromatic rings. The van der Waals surface area contributed by atoms with Gasteiger partial charge in [0.15, 0.2) is 0 Å². The molecule has 4 heteroatoms. The number of nitrogens with zero attached hydrogens (tertiary/aromatic N) is 1. The van der Waals surface area contributed by atoms with Crippen LogP contribution in [0.25, 0.3) is 0 Å². The molecule has 1 aromatic carbocycles. The van der Waals surface area contributed by atoms with Crippen LogP contribution in [0.2, 0.25) is 0 Å². The number of nitrogens with two attached hydrogens (primary N) is 1. The fourth-order valence-corrected chi connectivity index (χ4v) is 1.44. The Bertz CT molecular complexity index is 423. The van der Waals surface area contributed by atoms with Gasteiger partial charge in [0.2, 0.25) is 0 Å². The summed E-state index contributed by atoms with van der Waals surface area (Å²) in [7, 11) is 0. The van der Waals surface area contributed by atoms with Gasteiger partial charge in [0, 0.05) is 5.69 Å². The van der Waals surface area contributed by atoms with E-state index in [2.05, 4.69) is 0 Å². The van der Waals surface area contributed by atoms with Crippen LogP contribution >= 0.6 is 0 Å². The Kier molecular flexibility index (Phi) is 2.96. The third-order valence-electron chi connectivity index (χ3n) is 2.46. The maximum atomic E-state index is 11.2. The molecular weight excluding hydrogens is 192 g/mol. The first-order valence-electron chi connectivity index (χ1n) is 4.47. The summed E-state index contributed by atoms with van der Waals surface area (Å²) >= 11 is 0. The molecule has 78 valence electrons. The van der Waals surface area contributed by atoms with Gasteiger partial charge in [0.1, 0.15) is 5.41 Å². The summed E-state index contributed by atoms with van der Waals surface area (Å²) in [5.74, 6) is -1.04. The average molecular weight is 204 g/mol. The lowest BCUT2D eigenvalue weighted by Crippen LogP contribution is -2.32. The minimum atomic E-state index is -1.24. The first kappa shape index (κ1) is 11.1. The quantitative estimate of drug-likeness (QED) is 0.731. The van der Waals surface area contributed by atoms with Crippen molar-refractivity contribution in [3.05, 3.63) is 29.8 Å². The monoisotopic (exact) mass is 204 g/mol. The number of nitriles is 1. The number of carboxylic acids is 1. The Morgan fingerprint density at radius 3 is 2.67 bits per heavy atom. The predicted octanol–water partition coefficient (Wildman–Crippen LogP) is 1.52. The zero-order chi connectivity index (χ0) is 11.5. The van der Waals surface area contributed by atoms with Crippen LogP contribution in [0.5, 0.6) is 0 Å². The molecule has 0 bridgehead atoms. The van der Waals surface area contributed by atoms with Crippen LogP contribution in [-0.2, 0) is 10.2 Å². The zero-order valence-electron chi connectivity index (χ0n) is 8.40. The first-order valence-corrected chi connectivity index (χ1v) is 4.47. The number of para-hydroxylation sites is 1. The Balaban J connectivity index is 3.29. The van der Waals surface area contributed by atoms with E-state index in [1.807, 2.05) is 6.07 Å². The summed E-state index contributed by atoms with van der Waals surface area (Å²) in [6.45, 7) is 1.50. The Hall–Kier alpha value is -2.02. The number of carboxylic acid groups (broad SMARTS) is 1. The molecule has 0 spiro atoms. The SMILES string of the molecule is CC(CC#N)(C(=O)O)c1ccccc1N. The molecule has 1 atom stereocenters. The lowest BCUT2D eigenvalue weighted by molar-refractivity contribution is -0.143. The minimum absolute atomic E-state index is 0.101. The van der Waals surface area contributed by atoms with E-state index in [0.29, 0.717) is 11.3 Å². The lowest BCUT2D eigenvalue weighted by Gasteiger charge is -2.23. The molecule has 0 saturated heterocycles. The predicted molar refractivity (Wildman–Crippen MR) is 56.1 cm³/mol. The van der Waals surface area contributed by atoms with E-state index in [0.717, 1.165) is 0 Å². The molecule has 0 amide bonds. The molecule has 3 N–H and O–H groups in total. The van der Waals surface area contributed by atoms with Crippen LogP contribution in [0.1, 0.15) is 18.9 Å². The highest BCUT2D eigenvalue weighted by atomic mass is 16.4. The number of aliphatic carboxylic acids is 1. The molecule has 0 radical (unpaired) electrons. The number of anilines is 1. The smallest absolute Gasteiger partial charge is 0.314 e. The van der Waals surface area contributed by atoms with Gasteiger partial charge in [0.05, 0.1) is 12.5 Å². The molecule has 0 aliphatic rings. The second kappa shape index (κ2) is 4.01. The van der Waals surface area contributed by atoms with Crippen molar-refractivity contribution < 1.29 is 9.90 Å². The molecule has 0 heterocycles. The van der Waals surface area contributed by atoms with Crippen LogP contribution < -0.4 is 5.73 Å². The number of benzene rings is 1. The van der Waals surface area contributed by atoms with Gasteiger partial charge in [-0.3, -0.25) is 4.79 Å². The van der Waals surface area contributed by atoms with Gasteiger partial charge in [-0.2, -0.15) is 5.26 Å². The van der Waals surface area contributed by atoms with Crippen LogP contribution in [0.4, 0.5) is 5.69 Å². The van der Waals surface area contributed by atoms with Crippen LogP contribution in [0, 0.1) is 11.3 Å². The van der Waals surface area contributed by atoms with Gasteiger partial charge in [-0.15, -0.1) is 0 Å². The Morgan fingerprint density at radius 2 is 2.20 bits per heavy atom. The molecule has 15 heavy (non-hydrogen) atoms. The molecule has 0 aliphatic heterocycles. The number of hydrogen-bond donors (Lipinski definition) is 2. The summed E-state index contributed by atoms with van der Waals surface area (Å²) in [5.41, 5.74) is 5.35. The second-order valence-electron chi connectivity index (χ2n) is 3.56. The fraction of sp³-hybridized carbons (Fsp3) is 0.273. The molecular formula is C11H12N2O2. The number of hydrogen-bond acceptors (Lipinski definition) is 3. The van der Waals surface area contributed by atoms with E-state index in [9.17, 15) is 4.79 Å². The largest absolute Gasteiger partial charge is 0.481 e. The van der Waals surface area contributed by atoms with Gasteiger partial charge in [-0.1, -0.05) is 18.2 Å². The summed E-state index contributed by atoms with van der Waals surface area (Å²) in [6, 6.07) is 8.59. The number of rotatable bonds is 3. The topological polar surface area (TPSA) is 87.1 Å². The van der Waals surface area contributed by atoms with Crippen LogP contribution in [-0.4, -0.2) is 11.1 Å². The van der Waals surface area contributed by atoms with E-state index in [1.54, 1.807) is 24.3 Å². The van der Waals surface area contributed by atoms with Crippen molar-refractivity contribution in [2.45, 2.75) is 18.8 Å². The Labute approximate surface area is 87.9 Å². The fourth-order valence-electron chi connectivity index (χ4n) is 1.44. The van der Waals surface area contributed by atoms with Crippen molar-refractivity contribution >= 4 is 11.7 Å². The van der Waals surface area contributed by atoms with Crippen LogP contribution in [0.15, 0.2) is 24.3 Å². The van der Waals surface area contributed by atoms with E-state index < -0.39 is 11.4 Å². The third-order valence-corrected chi connectivity index (χ3v) is 2.46. The van der Waals surface area contributed by atoms with E-state index in [4.69, 9.17) is 16.1 Å². The molecule has 0 aliphatic carbocycles. The van der Waals surface area contributed by atoms with E-state index in [1.165, 1.54) is 6.92 Å². The van der Waals surface area contributed by atoms with Crippen molar-refractivity contribution in [2.75, 3.05) is 5.73 Å². The van der Waals surface area contributed by atoms with Gasteiger partial charge >= 0.3 is 5.97 Å². The van der Waals surface area contributed by atoms with Crippen molar-refractivity contribution in [1.29, 1.82) is 5.26 Å². The first-order chi connectivity index (χ1) is 7.02. The average Bonchev–Trinajstić information content (AvgIpc) is 2.18.